The number of nitrogens with one attached hydrogen (secondary N) is 2. The Balaban J connectivity index is 0.00000133. The van der Waals surface area contributed by atoms with Gasteiger partial charge >= 0.3 is 0 Å². The van der Waals surface area contributed by atoms with Crippen molar-refractivity contribution in [3.63, 3.8) is 0 Å². The van der Waals surface area contributed by atoms with E-state index < -0.39 is 5.82 Å². The predicted octanol–water partition coefficient (Wildman–Crippen LogP) is 3.04. The first-order valence-corrected chi connectivity index (χ1v) is 5.88. The van der Waals surface area contributed by atoms with Crippen LogP contribution in [0.1, 0.15) is 11.3 Å². The summed E-state index contributed by atoms with van der Waals surface area (Å²) in [5.41, 5.74) is 2.76. The number of rotatable bonds is 2. The molecule has 7 heteroatoms. The first-order valence-electron chi connectivity index (χ1n) is 5.50. The van der Waals surface area contributed by atoms with Crippen LogP contribution in [0.2, 0.25) is 5.02 Å². The molecule has 0 bridgehead atoms. The maximum absolute atomic E-state index is 13.0. The van der Waals surface area contributed by atoms with E-state index in [1.165, 1.54) is 12.1 Å². The van der Waals surface area contributed by atoms with Gasteiger partial charge in [-0.3, -0.25) is 0 Å². The third kappa shape index (κ3) is 2.94. The van der Waals surface area contributed by atoms with Crippen LogP contribution < -0.4 is 10.6 Å². The zero-order valence-electron chi connectivity index (χ0n) is 9.78. The van der Waals surface area contributed by atoms with Gasteiger partial charge in [-0.15, -0.1) is 12.4 Å². The molecule has 1 aliphatic heterocycles. The fourth-order valence-corrected chi connectivity index (χ4v) is 2.00. The van der Waals surface area contributed by atoms with Gasteiger partial charge in [0.25, 0.3) is 0 Å². The molecule has 0 aliphatic carbocycles. The highest BCUT2D eigenvalue weighted by Crippen LogP contribution is 2.22. The van der Waals surface area contributed by atoms with Gasteiger partial charge in [0, 0.05) is 30.5 Å². The molecule has 0 amide bonds. The van der Waals surface area contributed by atoms with Gasteiger partial charge in [0.1, 0.15) is 5.82 Å². The summed E-state index contributed by atoms with van der Waals surface area (Å²) < 4.78 is 13.0. The maximum Gasteiger partial charge on any atom is 0.227 e. The first kappa shape index (κ1) is 14.0. The first-order chi connectivity index (χ1) is 8.72. The van der Waals surface area contributed by atoms with Crippen molar-refractivity contribution in [3.05, 3.63) is 46.5 Å². The molecule has 2 N–H and O–H groups in total. The van der Waals surface area contributed by atoms with Gasteiger partial charge in [-0.25, -0.2) is 14.4 Å². The Morgan fingerprint density at radius 3 is 2.95 bits per heavy atom. The fourth-order valence-electron chi connectivity index (χ4n) is 1.82. The molecule has 3 rings (SSSR count). The standard InChI is InChI=1S/C12H10ClFN4.ClH/c13-9-3-8(1-2-10(9)14)17-12-16-5-7-4-15-6-11(7)18-12;/h1-3,5,15H,4,6H2,(H,16,17,18);1H. The SMILES string of the molecule is Cl.Fc1ccc(Nc2ncc3c(n2)CNC3)cc1Cl. The second-order valence-electron chi connectivity index (χ2n) is 4.02. The van der Waals surface area contributed by atoms with E-state index in [0.717, 1.165) is 24.3 Å². The lowest BCUT2D eigenvalue weighted by atomic mass is 10.3. The van der Waals surface area contributed by atoms with E-state index in [1.807, 2.05) is 0 Å². The van der Waals surface area contributed by atoms with Crippen LogP contribution in [0.5, 0.6) is 0 Å². The monoisotopic (exact) mass is 300 g/mol. The Hall–Kier alpha value is -1.43. The van der Waals surface area contributed by atoms with Gasteiger partial charge in [-0.1, -0.05) is 11.6 Å². The van der Waals surface area contributed by atoms with Crippen LogP contribution in [0.25, 0.3) is 0 Å². The third-order valence-corrected chi connectivity index (χ3v) is 3.03. The van der Waals surface area contributed by atoms with Gasteiger partial charge < -0.3 is 10.6 Å². The van der Waals surface area contributed by atoms with Crippen LogP contribution >= 0.6 is 24.0 Å². The lowest BCUT2D eigenvalue weighted by Gasteiger charge is -2.06. The minimum atomic E-state index is -0.443. The molecule has 19 heavy (non-hydrogen) atoms. The number of benzene rings is 1. The Kier molecular flexibility index (Phi) is 4.19. The van der Waals surface area contributed by atoms with E-state index >= 15 is 0 Å². The molecule has 0 spiro atoms. The topological polar surface area (TPSA) is 49.8 Å². The van der Waals surface area contributed by atoms with Gasteiger partial charge in [-0.2, -0.15) is 0 Å². The van der Waals surface area contributed by atoms with Crippen LogP contribution in [0.4, 0.5) is 16.0 Å². The fraction of sp³-hybridized carbons (Fsp3) is 0.167. The second kappa shape index (κ2) is 5.69. The number of aromatic nitrogens is 2. The number of hydrogen-bond donors (Lipinski definition) is 2. The molecule has 0 saturated heterocycles. The lowest BCUT2D eigenvalue weighted by molar-refractivity contribution is 0.628. The molecule has 100 valence electrons. The molecule has 1 aromatic heterocycles. The molecule has 2 aromatic rings. The molecular formula is C12H11Cl2FN4. The number of nitrogens with zero attached hydrogens (tertiary/aromatic N) is 2. The summed E-state index contributed by atoms with van der Waals surface area (Å²) in [6, 6.07) is 4.40. The Bertz CT molecular complexity index is 606. The number of halogens is 3. The summed E-state index contributed by atoms with van der Waals surface area (Å²) in [5, 5.41) is 6.27. The van der Waals surface area contributed by atoms with Crippen LogP contribution in [0.3, 0.4) is 0 Å². The summed E-state index contributed by atoms with van der Waals surface area (Å²) in [6.07, 6.45) is 1.79. The molecule has 0 unspecified atom stereocenters. The van der Waals surface area contributed by atoms with E-state index in [4.69, 9.17) is 11.6 Å². The van der Waals surface area contributed by atoms with Crippen molar-refractivity contribution >= 4 is 35.6 Å². The van der Waals surface area contributed by atoms with Crippen molar-refractivity contribution in [2.45, 2.75) is 13.1 Å². The Morgan fingerprint density at radius 2 is 2.16 bits per heavy atom. The zero-order valence-corrected chi connectivity index (χ0v) is 11.4. The van der Waals surface area contributed by atoms with E-state index in [1.54, 1.807) is 12.3 Å². The number of fused-ring (bicyclic) bond motifs is 1. The molecular weight excluding hydrogens is 290 g/mol. The van der Waals surface area contributed by atoms with Gasteiger partial charge in [0.05, 0.1) is 10.7 Å². The molecule has 0 radical (unpaired) electrons. The Labute approximate surface area is 120 Å². The van der Waals surface area contributed by atoms with Crippen LogP contribution in [0.15, 0.2) is 24.4 Å². The van der Waals surface area contributed by atoms with Crippen molar-refractivity contribution in [1.29, 1.82) is 0 Å². The van der Waals surface area contributed by atoms with Crippen molar-refractivity contribution in [1.82, 2.24) is 15.3 Å². The lowest BCUT2D eigenvalue weighted by Crippen LogP contribution is -2.01. The summed E-state index contributed by atoms with van der Waals surface area (Å²) >= 11 is 5.71. The smallest absolute Gasteiger partial charge is 0.227 e. The third-order valence-electron chi connectivity index (χ3n) is 2.74. The molecule has 0 saturated carbocycles. The summed E-state index contributed by atoms with van der Waals surface area (Å²) in [6.45, 7) is 1.55. The maximum atomic E-state index is 13.0. The molecule has 0 fully saturated rings. The summed E-state index contributed by atoms with van der Waals surface area (Å²) in [5.74, 6) is 0.0430. The van der Waals surface area contributed by atoms with Gasteiger partial charge in [0.2, 0.25) is 5.95 Å². The highest BCUT2D eigenvalue weighted by Gasteiger charge is 2.12. The minimum Gasteiger partial charge on any atom is -0.324 e. The number of anilines is 2. The van der Waals surface area contributed by atoms with E-state index in [-0.39, 0.29) is 17.4 Å². The summed E-state index contributed by atoms with van der Waals surface area (Å²) in [7, 11) is 0. The van der Waals surface area contributed by atoms with Crippen LogP contribution in [-0.2, 0) is 13.1 Å². The van der Waals surface area contributed by atoms with E-state index in [2.05, 4.69) is 20.6 Å². The molecule has 1 aliphatic rings. The van der Waals surface area contributed by atoms with Crippen LogP contribution in [-0.4, -0.2) is 9.97 Å². The summed E-state index contributed by atoms with van der Waals surface area (Å²) in [4.78, 5) is 8.58. The van der Waals surface area contributed by atoms with Crippen molar-refractivity contribution < 1.29 is 4.39 Å². The largest absolute Gasteiger partial charge is 0.324 e. The molecule has 4 nitrogen and oxygen atoms in total. The zero-order chi connectivity index (χ0) is 12.5. The van der Waals surface area contributed by atoms with E-state index in [9.17, 15) is 4.39 Å². The highest BCUT2D eigenvalue weighted by atomic mass is 35.5. The predicted molar refractivity (Wildman–Crippen MR) is 74.5 cm³/mol. The highest BCUT2D eigenvalue weighted by molar-refractivity contribution is 6.31. The van der Waals surface area contributed by atoms with Crippen LogP contribution in [0, 0.1) is 5.82 Å². The van der Waals surface area contributed by atoms with Gasteiger partial charge in [-0.05, 0) is 18.2 Å². The average Bonchev–Trinajstić information content (AvgIpc) is 2.81. The van der Waals surface area contributed by atoms with Gasteiger partial charge in [0.15, 0.2) is 0 Å². The Morgan fingerprint density at radius 1 is 1.32 bits per heavy atom. The van der Waals surface area contributed by atoms with Crippen molar-refractivity contribution in [3.8, 4) is 0 Å². The molecule has 1 aromatic carbocycles. The average molecular weight is 301 g/mol. The number of hydrogen-bond acceptors (Lipinski definition) is 4. The minimum absolute atomic E-state index is 0. The van der Waals surface area contributed by atoms with Crippen molar-refractivity contribution in [2.24, 2.45) is 0 Å². The molecule has 0 atom stereocenters. The molecule has 2 heterocycles. The second-order valence-corrected chi connectivity index (χ2v) is 4.43. The van der Waals surface area contributed by atoms with Crippen molar-refractivity contribution in [2.75, 3.05) is 5.32 Å². The quantitative estimate of drug-likeness (QED) is 0.895. The van der Waals surface area contributed by atoms with E-state index in [0.29, 0.717) is 11.6 Å². The normalized spacial score (nSPS) is 12.7.